The number of esters is 1. The Bertz CT molecular complexity index is 802. The number of hydrazine groups is 1. The van der Waals surface area contributed by atoms with Gasteiger partial charge in [0.15, 0.2) is 6.61 Å². The van der Waals surface area contributed by atoms with Gasteiger partial charge in [-0.3, -0.25) is 20.4 Å². The van der Waals surface area contributed by atoms with Crippen molar-refractivity contribution in [1.82, 2.24) is 10.9 Å². The normalized spacial score (nSPS) is 9.93. The monoisotopic (exact) mass is 386 g/mol. The zero-order valence-corrected chi connectivity index (χ0v) is 15.7. The molecule has 2 aromatic rings. The molecule has 2 rings (SSSR count). The minimum Gasteiger partial charge on any atom is -0.497 e. The summed E-state index contributed by atoms with van der Waals surface area (Å²) >= 11 is 0. The predicted molar refractivity (Wildman–Crippen MR) is 101 cm³/mol. The lowest BCUT2D eigenvalue weighted by molar-refractivity contribution is -0.123. The molecule has 148 valence electrons. The van der Waals surface area contributed by atoms with Crippen molar-refractivity contribution in [2.75, 3.05) is 20.3 Å². The van der Waals surface area contributed by atoms with Crippen LogP contribution in [0.25, 0.3) is 0 Å². The van der Waals surface area contributed by atoms with Gasteiger partial charge in [0.1, 0.15) is 11.5 Å². The molecule has 2 N–H and O–H groups in total. The van der Waals surface area contributed by atoms with Gasteiger partial charge in [-0.05, 0) is 55.0 Å². The van der Waals surface area contributed by atoms with E-state index in [1.54, 1.807) is 48.5 Å². The average molecular weight is 386 g/mol. The average Bonchev–Trinajstić information content (AvgIpc) is 2.74. The Kier molecular flexibility index (Phi) is 7.83. The van der Waals surface area contributed by atoms with Gasteiger partial charge in [-0.2, -0.15) is 0 Å². The highest BCUT2D eigenvalue weighted by molar-refractivity contribution is 5.95. The molecule has 0 heterocycles. The third-order valence-electron chi connectivity index (χ3n) is 3.56. The van der Waals surface area contributed by atoms with E-state index in [2.05, 4.69) is 10.9 Å². The number of ether oxygens (including phenoxy) is 3. The number of methoxy groups -OCH3 is 1. The first-order valence-corrected chi connectivity index (χ1v) is 8.66. The summed E-state index contributed by atoms with van der Waals surface area (Å²) in [5, 5.41) is 0. The zero-order chi connectivity index (χ0) is 20.4. The van der Waals surface area contributed by atoms with E-state index < -0.39 is 17.8 Å². The zero-order valence-electron chi connectivity index (χ0n) is 15.7. The molecule has 0 radical (unpaired) electrons. The third-order valence-corrected chi connectivity index (χ3v) is 3.56. The van der Waals surface area contributed by atoms with Gasteiger partial charge in [0.2, 0.25) is 0 Å². The van der Waals surface area contributed by atoms with Crippen molar-refractivity contribution < 1.29 is 28.6 Å². The van der Waals surface area contributed by atoms with Gasteiger partial charge in [-0.25, -0.2) is 4.79 Å². The van der Waals surface area contributed by atoms with Gasteiger partial charge >= 0.3 is 5.97 Å². The van der Waals surface area contributed by atoms with Gasteiger partial charge in [0.05, 0.1) is 19.3 Å². The second-order valence-electron chi connectivity index (χ2n) is 5.68. The van der Waals surface area contributed by atoms with Crippen LogP contribution < -0.4 is 20.3 Å². The number of nitrogens with one attached hydrogen (secondary N) is 2. The van der Waals surface area contributed by atoms with E-state index in [9.17, 15) is 14.4 Å². The predicted octanol–water partition coefficient (Wildman–Crippen LogP) is 2.10. The van der Waals surface area contributed by atoms with Gasteiger partial charge < -0.3 is 14.2 Å². The van der Waals surface area contributed by atoms with Crippen LogP contribution in [0, 0.1) is 0 Å². The summed E-state index contributed by atoms with van der Waals surface area (Å²) in [4.78, 5) is 35.5. The standard InChI is InChI=1S/C20H22N2O6/c1-3-12-27-20(25)15-6-10-17(11-7-15)28-13-18(23)21-22-19(24)14-4-8-16(26-2)9-5-14/h4-11H,3,12-13H2,1-2H3,(H,21,23)(H,22,24). The maximum Gasteiger partial charge on any atom is 0.338 e. The van der Waals surface area contributed by atoms with E-state index in [4.69, 9.17) is 14.2 Å². The van der Waals surface area contributed by atoms with Crippen LogP contribution in [0.2, 0.25) is 0 Å². The number of hydrogen-bond acceptors (Lipinski definition) is 6. The summed E-state index contributed by atoms with van der Waals surface area (Å²) in [6.07, 6.45) is 0.747. The number of carbonyl (C=O) groups excluding carboxylic acids is 3. The van der Waals surface area contributed by atoms with E-state index in [-0.39, 0.29) is 6.61 Å². The molecule has 0 aromatic heterocycles. The Morgan fingerprint density at radius 3 is 2.07 bits per heavy atom. The SMILES string of the molecule is CCCOC(=O)c1ccc(OCC(=O)NNC(=O)c2ccc(OC)cc2)cc1. The lowest BCUT2D eigenvalue weighted by Gasteiger charge is -2.09. The number of carbonyl (C=O) groups is 3. The van der Waals surface area contributed by atoms with Crippen molar-refractivity contribution in [1.29, 1.82) is 0 Å². The van der Waals surface area contributed by atoms with Crippen LogP contribution in [0.3, 0.4) is 0 Å². The van der Waals surface area contributed by atoms with E-state index in [0.29, 0.717) is 29.2 Å². The summed E-state index contributed by atoms with van der Waals surface area (Å²) in [6.45, 7) is 1.97. The van der Waals surface area contributed by atoms with Crippen molar-refractivity contribution in [3.05, 3.63) is 59.7 Å². The van der Waals surface area contributed by atoms with Gasteiger partial charge in [0.25, 0.3) is 11.8 Å². The molecule has 0 aliphatic rings. The summed E-state index contributed by atoms with van der Waals surface area (Å²) in [6, 6.07) is 12.7. The molecule has 2 amide bonds. The van der Waals surface area contributed by atoms with Gasteiger partial charge in [-0.1, -0.05) is 6.92 Å². The maximum absolute atomic E-state index is 11.9. The fraction of sp³-hybridized carbons (Fsp3) is 0.250. The van der Waals surface area contributed by atoms with Crippen LogP contribution in [0.4, 0.5) is 0 Å². The molecular weight excluding hydrogens is 364 g/mol. The summed E-state index contributed by atoms with van der Waals surface area (Å²) in [5.41, 5.74) is 5.33. The number of rotatable bonds is 8. The van der Waals surface area contributed by atoms with Gasteiger partial charge in [0, 0.05) is 5.56 Å². The smallest absolute Gasteiger partial charge is 0.338 e. The van der Waals surface area contributed by atoms with E-state index >= 15 is 0 Å². The highest BCUT2D eigenvalue weighted by Crippen LogP contribution is 2.13. The molecule has 0 unspecified atom stereocenters. The van der Waals surface area contributed by atoms with Crippen molar-refractivity contribution >= 4 is 17.8 Å². The second-order valence-corrected chi connectivity index (χ2v) is 5.68. The quantitative estimate of drug-likeness (QED) is 0.532. The molecule has 0 atom stereocenters. The first kappa shape index (κ1) is 20.8. The summed E-state index contributed by atoms with van der Waals surface area (Å²) in [7, 11) is 1.53. The molecular formula is C20H22N2O6. The molecule has 0 saturated carbocycles. The molecule has 0 aliphatic carbocycles. The lowest BCUT2D eigenvalue weighted by Crippen LogP contribution is -2.43. The van der Waals surface area contributed by atoms with Crippen molar-refractivity contribution in [3.63, 3.8) is 0 Å². The highest BCUT2D eigenvalue weighted by Gasteiger charge is 2.09. The first-order valence-electron chi connectivity index (χ1n) is 8.66. The number of benzene rings is 2. The molecule has 0 saturated heterocycles. The fourth-order valence-corrected chi connectivity index (χ4v) is 2.09. The van der Waals surface area contributed by atoms with E-state index in [1.165, 1.54) is 7.11 Å². The van der Waals surface area contributed by atoms with E-state index in [1.807, 2.05) is 6.92 Å². The Hall–Kier alpha value is -3.55. The molecule has 0 bridgehead atoms. The summed E-state index contributed by atoms with van der Waals surface area (Å²) < 4.78 is 15.4. The van der Waals surface area contributed by atoms with Crippen LogP contribution in [-0.4, -0.2) is 38.1 Å². The molecule has 0 fully saturated rings. The molecule has 28 heavy (non-hydrogen) atoms. The fourth-order valence-electron chi connectivity index (χ4n) is 2.09. The Morgan fingerprint density at radius 1 is 0.857 bits per heavy atom. The molecule has 8 heteroatoms. The third kappa shape index (κ3) is 6.31. The Balaban J connectivity index is 1.75. The Morgan fingerprint density at radius 2 is 1.46 bits per heavy atom. The molecule has 0 spiro atoms. The topological polar surface area (TPSA) is 103 Å². The molecule has 2 aromatic carbocycles. The molecule has 8 nitrogen and oxygen atoms in total. The summed E-state index contributed by atoms with van der Waals surface area (Å²) in [5.74, 6) is -0.381. The first-order chi connectivity index (χ1) is 13.5. The van der Waals surface area contributed by atoms with Crippen molar-refractivity contribution in [2.24, 2.45) is 0 Å². The van der Waals surface area contributed by atoms with Crippen LogP contribution in [0.15, 0.2) is 48.5 Å². The van der Waals surface area contributed by atoms with Crippen molar-refractivity contribution in [2.45, 2.75) is 13.3 Å². The van der Waals surface area contributed by atoms with Crippen LogP contribution >= 0.6 is 0 Å². The van der Waals surface area contributed by atoms with Gasteiger partial charge in [-0.15, -0.1) is 0 Å². The molecule has 0 aliphatic heterocycles. The lowest BCUT2D eigenvalue weighted by atomic mass is 10.2. The minimum atomic E-state index is -0.534. The van der Waals surface area contributed by atoms with Crippen LogP contribution in [-0.2, 0) is 9.53 Å². The van der Waals surface area contributed by atoms with Crippen LogP contribution in [0.1, 0.15) is 34.1 Å². The minimum absolute atomic E-state index is 0.303. The largest absolute Gasteiger partial charge is 0.497 e. The maximum atomic E-state index is 11.9. The van der Waals surface area contributed by atoms with E-state index in [0.717, 1.165) is 6.42 Å². The number of hydrogen-bond donors (Lipinski definition) is 2. The highest BCUT2D eigenvalue weighted by atomic mass is 16.5. The number of amides is 2. The second kappa shape index (κ2) is 10.6. The Labute approximate surface area is 162 Å². The van der Waals surface area contributed by atoms with Crippen molar-refractivity contribution in [3.8, 4) is 11.5 Å². The van der Waals surface area contributed by atoms with Crippen LogP contribution in [0.5, 0.6) is 11.5 Å².